The molecule has 1 heterocycles. The molecular formula is C21H24N4O. The van der Waals surface area contributed by atoms with Crippen molar-refractivity contribution in [2.45, 2.75) is 20.3 Å². The Balaban J connectivity index is 2.01. The van der Waals surface area contributed by atoms with E-state index in [9.17, 15) is 0 Å². The number of aromatic nitrogens is 2. The summed E-state index contributed by atoms with van der Waals surface area (Å²) < 4.78 is 0. The van der Waals surface area contributed by atoms with Crippen LogP contribution in [-0.2, 0) is 6.42 Å². The van der Waals surface area contributed by atoms with E-state index < -0.39 is 0 Å². The van der Waals surface area contributed by atoms with Crippen molar-refractivity contribution in [3.8, 4) is 11.3 Å². The lowest BCUT2D eigenvalue weighted by atomic mass is 10.1. The largest absolute Gasteiger partial charge is 0.395 e. The van der Waals surface area contributed by atoms with Crippen LogP contribution in [0.1, 0.15) is 18.1 Å². The molecule has 2 aromatic carbocycles. The second kappa shape index (κ2) is 8.45. The van der Waals surface area contributed by atoms with Crippen molar-refractivity contribution in [2.75, 3.05) is 23.8 Å². The number of aliphatic hydroxyl groups excluding tert-OH is 1. The molecule has 0 aliphatic heterocycles. The lowest BCUT2D eigenvalue weighted by Crippen LogP contribution is -2.10. The summed E-state index contributed by atoms with van der Waals surface area (Å²) in [4.78, 5) is 9.14. The van der Waals surface area contributed by atoms with Crippen LogP contribution in [0, 0.1) is 6.92 Å². The topological polar surface area (TPSA) is 70.1 Å². The van der Waals surface area contributed by atoms with Gasteiger partial charge in [-0.05, 0) is 24.5 Å². The Morgan fingerprint density at radius 1 is 1.00 bits per heavy atom. The summed E-state index contributed by atoms with van der Waals surface area (Å²) in [6.45, 7) is 4.66. The first-order chi connectivity index (χ1) is 12.7. The highest BCUT2D eigenvalue weighted by atomic mass is 16.3. The SMILES string of the molecule is CCc1cccc(C)c1Nc1cc(-c2ccccc2)nc(NCCO)n1. The molecule has 0 aliphatic rings. The van der Waals surface area contributed by atoms with Crippen LogP contribution in [0.2, 0.25) is 0 Å². The van der Waals surface area contributed by atoms with Crippen molar-refractivity contribution in [1.82, 2.24) is 9.97 Å². The average Bonchev–Trinajstić information content (AvgIpc) is 2.68. The summed E-state index contributed by atoms with van der Waals surface area (Å²) in [7, 11) is 0. The molecule has 0 amide bonds. The maximum atomic E-state index is 9.09. The van der Waals surface area contributed by atoms with Crippen LogP contribution in [0.15, 0.2) is 54.6 Å². The van der Waals surface area contributed by atoms with Crippen LogP contribution in [0.3, 0.4) is 0 Å². The molecule has 0 atom stereocenters. The maximum absolute atomic E-state index is 9.09. The van der Waals surface area contributed by atoms with Crippen molar-refractivity contribution in [1.29, 1.82) is 0 Å². The number of anilines is 3. The van der Waals surface area contributed by atoms with Gasteiger partial charge in [-0.3, -0.25) is 0 Å². The van der Waals surface area contributed by atoms with E-state index in [2.05, 4.69) is 52.6 Å². The highest BCUT2D eigenvalue weighted by Crippen LogP contribution is 2.27. The molecule has 0 radical (unpaired) electrons. The summed E-state index contributed by atoms with van der Waals surface area (Å²) in [6, 6.07) is 18.2. The number of rotatable bonds is 7. The molecular weight excluding hydrogens is 324 g/mol. The molecule has 134 valence electrons. The Bertz CT molecular complexity index is 865. The van der Waals surface area contributed by atoms with E-state index in [0.717, 1.165) is 29.2 Å². The summed E-state index contributed by atoms with van der Waals surface area (Å²) in [6.07, 6.45) is 0.941. The second-order valence-corrected chi connectivity index (χ2v) is 6.07. The van der Waals surface area contributed by atoms with Gasteiger partial charge in [0.05, 0.1) is 12.3 Å². The number of benzene rings is 2. The molecule has 0 fully saturated rings. The van der Waals surface area contributed by atoms with Gasteiger partial charge >= 0.3 is 0 Å². The third-order valence-corrected chi connectivity index (χ3v) is 4.18. The van der Waals surface area contributed by atoms with Crippen molar-refractivity contribution in [3.63, 3.8) is 0 Å². The Labute approximate surface area is 154 Å². The molecule has 0 unspecified atom stereocenters. The number of hydrogen-bond donors (Lipinski definition) is 3. The second-order valence-electron chi connectivity index (χ2n) is 6.07. The first-order valence-corrected chi connectivity index (χ1v) is 8.86. The zero-order valence-corrected chi connectivity index (χ0v) is 15.2. The number of nitrogens with one attached hydrogen (secondary N) is 2. The number of para-hydroxylation sites is 1. The van der Waals surface area contributed by atoms with E-state index >= 15 is 0 Å². The molecule has 1 aromatic heterocycles. The van der Waals surface area contributed by atoms with Crippen LogP contribution in [0.5, 0.6) is 0 Å². The Kier molecular flexibility index (Phi) is 5.81. The van der Waals surface area contributed by atoms with Crippen molar-refractivity contribution in [3.05, 3.63) is 65.7 Å². The minimum Gasteiger partial charge on any atom is -0.395 e. The summed E-state index contributed by atoms with van der Waals surface area (Å²) in [5.41, 5.74) is 5.35. The quantitative estimate of drug-likeness (QED) is 0.598. The summed E-state index contributed by atoms with van der Waals surface area (Å²) >= 11 is 0. The van der Waals surface area contributed by atoms with Gasteiger partial charge in [0.15, 0.2) is 0 Å². The predicted octanol–water partition coefficient (Wildman–Crippen LogP) is 4.16. The molecule has 26 heavy (non-hydrogen) atoms. The smallest absolute Gasteiger partial charge is 0.225 e. The van der Waals surface area contributed by atoms with Crippen molar-refractivity contribution >= 4 is 17.5 Å². The van der Waals surface area contributed by atoms with Gasteiger partial charge in [0.25, 0.3) is 0 Å². The van der Waals surface area contributed by atoms with Gasteiger partial charge in [-0.1, -0.05) is 55.5 Å². The highest BCUT2D eigenvalue weighted by molar-refractivity contribution is 5.70. The fourth-order valence-corrected chi connectivity index (χ4v) is 2.84. The van der Waals surface area contributed by atoms with Gasteiger partial charge in [-0.25, -0.2) is 4.98 Å². The van der Waals surface area contributed by atoms with Crippen LogP contribution >= 0.6 is 0 Å². The van der Waals surface area contributed by atoms with E-state index in [-0.39, 0.29) is 6.61 Å². The third-order valence-electron chi connectivity index (χ3n) is 4.18. The Morgan fingerprint density at radius 3 is 2.54 bits per heavy atom. The zero-order chi connectivity index (χ0) is 18.4. The molecule has 0 saturated heterocycles. The van der Waals surface area contributed by atoms with Gasteiger partial charge in [-0.15, -0.1) is 0 Å². The fourth-order valence-electron chi connectivity index (χ4n) is 2.84. The lowest BCUT2D eigenvalue weighted by Gasteiger charge is -2.15. The first-order valence-electron chi connectivity index (χ1n) is 8.86. The molecule has 3 aromatic rings. The first kappa shape index (κ1) is 17.9. The van der Waals surface area contributed by atoms with E-state index in [0.29, 0.717) is 12.5 Å². The van der Waals surface area contributed by atoms with Crippen molar-refractivity contribution < 1.29 is 5.11 Å². The molecule has 0 spiro atoms. The number of hydrogen-bond acceptors (Lipinski definition) is 5. The number of aliphatic hydroxyl groups is 1. The fraction of sp³-hybridized carbons (Fsp3) is 0.238. The van der Waals surface area contributed by atoms with Gasteiger partial charge < -0.3 is 15.7 Å². The zero-order valence-electron chi connectivity index (χ0n) is 15.2. The van der Waals surface area contributed by atoms with Crippen LogP contribution in [-0.4, -0.2) is 28.2 Å². The third kappa shape index (κ3) is 4.18. The molecule has 0 saturated carbocycles. The molecule has 3 N–H and O–H groups in total. The normalized spacial score (nSPS) is 10.6. The number of nitrogens with zero attached hydrogens (tertiary/aromatic N) is 2. The van der Waals surface area contributed by atoms with Crippen LogP contribution < -0.4 is 10.6 Å². The van der Waals surface area contributed by atoms with E-state index in [4.69, 9.17) is 5.11 Å². The molecule has 5 nitrogen and oxygen atoms in total. The minimum atomic E-state index is 0.0272. The Hall–Kier alpha value is -2.92. The lowest BCUT2D eigenvalue weighted by molar-refractivity contribution is 0.311. The number of aryl methyl sites for hydroxylation is 2. The predicted molar refractivity (Wildman–Crippen MR) is 107 cm³/mol. The minimum absolute atomic E-state index is 0.0272. The van der Waals surface area contributed by atoms with Crippen LogP contribution in [0.4, 0.5) is 17.5 Å². The average molecular weight is 348 g/mol. The highest BCUT2D eigenvalue weighted by Gasteiger charge is 2.10. The van der Waals surface area contributed by atoms with Crippen molar-refractivity contribution in [2.24, 2.45) is 0 Å². The van der Waals surface area contributed by atoms with E-state index in [1.807, 2.05) is 36.4 Å². The Morgan fingerprint density at radius 2 is 1.81 bits per heavy atom. The van der Waals surface area contributed by atoms with Gasteiger partial charge in [0.2, 0.25) is 5.95 Å². The van der Waals surface area contributed by atoms with Gasteiger partial charge in [0, 0.05) is 23.9 Å². The van der Waals surface area contributed by atoms with Gasteiger partial charge in [0.1, 0.15) is 5.82 Å². The summed E-state index contributed by atoms with van der Waals surface area (Å²) in [5.74, 6) is 1.22. The molecule has 0 aliphatic carbocycles. The molecule has 0 bridgehead atoms. The van der Waals surface area contributed by atoms with Gasteiger partial charge in [-0.2, -0.15) is 4.98 Å². The van der Waals surface area contributed by atoms with E-state index in [1.54, 1.807) is 0 Å². The van der Waals surface area contributed by atoms with E-state index in [1.165, 1.54) is 11.1 Å². The summed E-state index contributed by atoms with van der Waals surface area (Å²) in [5, 5.41) is 15.6. The maximum Gasteiger partial charge on any atom is 0.225 e. The molecule has 3 rings (SSSR count). The van der Waals surface area contributed by atoms with Crippen LogP contribution in [0.25, 0.3) is 11.3 Å². The monoisotopic (exact) mass is 348 g/mol. The molecule has 5 heteroatoms. The standard InChI is InChI=1S/C21H24N4O/c1-3-16-11-7-8-15(2)20(16)24-19-14-18(17-9-5-4-6-10-17)23-21(25-19)22-12-13-26/h4-11,14,26H,3,12-13H2,1-2H3,(H2,22,23,24,25).